The molecule has 2 unspecified atom stereocenters. The molecule has 1 N–H and O–H groups in total. The maximum atomic E-state index is 12.8. The number of likely N-dealkylation sites (tertiary alicyclic amines) is 2. The zero-order valence-corrected chi connectivity index (χ0v) is 16.0. The lowest BCUT2D eigenvalue weighted by molar-refractivity contribution is -0.126. The number of rotatable bonds is 6. The monoisotopic (exact) mass is 385 g/mol. The quantitative estimate of drug-likeness (QED) is 0.827. The van der Waals surface area contributed by atoms with Crippen LogP contribution in [-0.2, 0) is 4.79 Å². The van der Waals surface area contributed by atoms with E-state index >= 15 is 0 Å². The van der Waals surface area contributed by atoms with Crippen molar-refractivity contribution >= 4 is 11.8 Å². The lowest BCUT2D eigenvalue weighted by Crippen LogP contribution is -2.46. The minimum absolute atomic E-state index is 0.00713. The second-order valence-electron chi connectivity index (χ2n) is 7.59. The zero-order chi connectivity index (χ0) is 19.3. The van der Waals surface area contributed by atoms with Crippen LogP contribution in [0.3, 0.4) is 0 Å². The molecular weight excluding hydrogens is 358 g/mol. The van der Waals surface area contributed by atoms with E-state index in [1.165, 1.54) is 19.1 Å². The molecular formula is C21H27N3O4. The summed E-state index contributed by atoms with van der Waals surface area (Å²) in [6, 6.07) is 7.29. The summed E-state index contributed by atoms with van der Waals surface area (Å²) < 4.78 is 10.8. The van der Waals surface area contributed by atoms with Crippen LogP contribution >= 0.6 is 0 Å². The number of amides is 2. The Morgan fingerprint density at radius 2 is 1.86 bits per heavy atom. The number of nitrogens with zero attached hydrogens (tertiary/aromatic N) is 2. The van der Waals surface area contributed by atoms with E-state index in [0.717, 1.165) is 31.7 Å². The Kier molecular flexibility index (Phi) is 5.81. The van der Waals surface area contributed by atoms with E-state index in [2.05, 4.69) is 10.2 Å². The summed E-state index contributed by atoms with van der Waals surface area (Å²) in [5.41, 5.74) is 0. The molecule has 0 spiro atoms. The minimum atomic E-state index is -0.191. The Labute approximate surface area is 164 Å². The van der Waals surface area contributed by atoms with E-state index in [4.69, 9.17) is 8.83 Å². The third-order valence-corrected chi connectivity index (χ3v) is 5.73. The predicted molar refractivity (Wildman–Crippen MR) is 103 cm³/mol. The fraction of sp³-hybridized carbons (Fsp3) is 0.524. The molecule has 2 atom stereocenters. The molecule has 2 aliphatic heterocycles. The molecule has 2 aromatic rings. The van der Waals surface area contributed by atoms with Crippen molar-refractivity contribution in [2.45, 2.75) is 31.7 Å². The van der Waals surface area contributed by atoms with Crippen molar-refractivity contribution in [3.63, 3.8) is 0 Å². The first-order valence-corrected chi connectivity index (χ1v) is 10.1. The van der Waals surface area contributed by atoms with E-state index in [-0.39, 0.29) is 23.8 Å². The number of nitrogens with one attached hydrogen (secondary N) is 1. The van der Waals surface area contributed by atoms with Crippen molar-refractivity contribution in [3.05, 3.63) is 48.3 Å². The van der Waals surface area contributed by atoms with Gasteiger partial charge in [-0.05, 0) is 63.0 Å². The van der Waals surface area contributed by atoms with Crippen molar-refractivity contribution in [2.24, 2.45) is 5.92 Å². The van der Waals surface area contributed by atoms with Gasteiger partial charge in [0.2, 0.25) is 5.91 Å². The van der Waals surface area contributed by atoms with Gasteiger partial charge in [-0.25, -0.2) is 0 Å². The summed E-state index contributed by atoms with van der Waals surface area (Å²) in [5.74, 6) is 0.887. The van der Waals surface area contributed by atoms with Crippen molar-refractivity contribution in [1.82, 2.24) is 15.1 Å². The first-order chi connectivity index (χ1) is 13.7. The Hall–Kier alpha value is -2.54. The summed E-state index contributed by atoms with van der Waals surface area (Å²) >= 11 is 0. The van der Waals surface area contributed by atoms with Gasteiger partial charge in [0.05, 0.1) is 24.5 Å². The normalized spacial score (nSPS) is 21.6. The molecule has 2 aliphatic rings. The first-order valence-electron chi connectivity index (χ1n) is 10.1. The Balaban J connectivity index is 1.35. The Bertz CT molecular complexity index is 766. The molecule has 0 bridgehead atoms. The number of furan rings is 2. The van der Waals surface area contributed by atoms with Crippen LogP contribution in [0.5, 0.6) is 0 Å². The second-order valence-corrected chi connectivity index (χ2v) is 7.59. The second kappa shape index (κ2) is 8.65. The lowest BCUT2D eigenvalue weighted by Gasteiger charge is -2.32. The Morgan fingerprint density at radius 3 is 2.57 bits per heavy atom. The highest BCUT2D eigenvalue weighted by atomic mass is 16.3. The summed E-state index contributed by atoms with van der Waals surface area (Å²) in [6.07, 6.45) is 7.14. The van der Waals surface area contributed by atoms with Crippen LogP contribution in [0.25, 0.3) is 0 Å². The predicted octanol–water partition coefficient (Wildman–Crippen LogP) is 2.68. The average molecular weight is 385 g/mol. The van der Waals surface area contributed by atoms with Gasteiger partial charge in [-0.3, -0.25) is 14.5 Å². The molecule has 2 aromatic heterocycles. The number of piperidine rings is 1. The molecule has 4 heterocycles. The largest absolute Gasteiger partial charge is 0.468 e. The van der Waals surface area contributed by atoms with Gasteiger partial charge in [-0.15, -0.1) is 0 Å². The van der Waals surface area contributed by atoms with Crippen molar-refractivity contribution in [1.29, 1.82) is 0 Å². The number of hydrogen-bond donors (Lipinski definition) is 1. The molecule has 0 aliphatic carbocycles. The van der Waals surface area contributed by atoms with Crippen LogP contribution < -0.4 is 5.32 Å². The number of hydrogen-bond acceptors (Lipinski definition) is 5. The van der Waals surface area contributed by atoms with Crippen LogP contribution in [0.4, 0.5) is 0 Å². The highest BCUT2D eigenvalue weighted by Gasteiger charge is 2.31. The first kappa shape index (κ1) is 18.8. The van der Waals surface area contributed by atoms with Crippen LogP contribution in [0, 0.1) is 5.92 Å². The van der Waals surface area contributed by atoms with Crippen LogP contribution in [0.15, 0.2) is 45.6 Å². The topological polar surface area (TPSA) is 78.9 Å². The van der Waals surface area contributed by atoms with Gasteiger partial charge in [0.25, 0.3) is 5.91 Å². The summed E-state index contributed by atoms with van der Waals surface area (Å²) in [5, 5.41) is 3.11. The molecule has 2 fully saturated rings. The third-order valence-electron chi connectivity index (χ3n) is 5.73. The molecule has 2 saturated heterocycles. The zero-order valence-electron chi connectivity index (χ0n) is 16.0. The lowest BCUT2D eigenvalue weighted by atomic mass is 9.96. The van der Waals surface area contributed by atoms with Gasteiger partial charge >= 0.3 is 0 Å². The summed E-state index contributed by atoms with van der Waals surface area (Å²) in [6.45, 7) is 3.66. The van der Waals surface area contributed by atoms with Gasteiger partial charge in [0.15, 0.2) is 5.76 Å². The van der Waals surface area contributed by atoms with Gasteiger partial charge in [0, 0.05) is 19.6 Å². The van der Waals surface area contributed by atoms with Gasteiger partial charge in [-0.1, -0.05) is 0 Å². The van der Waals surface area contributed by atoms with Crippen molar-refractivity contribution in [3.8, 4) is 0 Å². The van der Waals surface area contributed by atoms with E-state index < -0.39 is 0 Å². The smallest absolute Gasteiger partial charge is 0.289 e. The molecule has 2 amide bonds. The maximum absolute atomic E-state index is 12.8. The average Bonchev–Trinajstić information content (AvgIpc) is 3.51. The molecule has 0 aromatic carbocycles. The van der Waals surface area contributed by atoms with E-state index in [1.807, 2.05) is 12.1 Å². The van der Waals surface area contributed by atoms with Crippen LogP contribution in [-0.4, -0.2) is 54.3 Å². The molecule has 7 heteroatoms. The van der Waals surface area contributed by atoms with E-state index in [0.29, 0.717) is 25.4 Å². The highest BCUT2D eigenvalue weighted by Crippen LogP contribution is 2.25. The fourth-order valence-electron chi connectivity index (χ4n) is 4.22. The minimum Gasteiger partial charge on any atom is -0.468 e. The van der Waals surface area contributed by atoms with Gasteiger partial charge < -0.3 is 19.1 Å². The number of carbonyl (C=O) groups is 2. The standard InChI is InChI=1S/C21H27N3O4/c25-20(16-6-3-11-24(15-16)21(26)19-8-5-13-28-19)22-14-17(18-7-4-12-27-18)23-9-1-2-10-23/h4-5,7-8,12-13,16-17H,1-3,6,9-11,14-15H2,(H,22,25). The summed E-state index contributed by atoms with van der Waals surface area (Å²) in [4.78, 5) is 29.4. The molecule has 0 saturated carbocycles. The van der Waals surface area contributed by atoms with Gasteiger partial charge in [-0.2, -0.15) is 0 Å². The number of carbonyl (C=O) groups excluding carboxylic acids is 2. The highest BCUT2D eigenvalue weighted by molar-refractivity contribution is 5.92. The van der Waals surface area contributed by atoms with Crippen molar-refractivity contribution in [2.75, 3.05) is 32.7 Å². The molecule has 150 valence electrons. The fourth-order valence-corrected chi connectivity index (χ4v) is 4.22. The molecule has 28 heavy (non-hydrogen) atoms. The van der Waals surface area contributed by atoms with Crippen LogP contribution in [0.2, 0.25) is 0 Å². The van der Waals surface area contributed by atoms with Crippen LogP contribution in [0.1, 0.15) is 48.0 Å². The Morgan fingerprint density at radius 1 is 1.07 bits per heavy atom. The van der Waals surface area contributed by atoms with E-state index in [9.17, 15) is 9.59 Å². The molecule has 7 nitrogen and oxygen atoms in total. The van der Waals surface area contributed by atoms with Gasteiger partial charge in [0.1, 0.15) is 5.76 Å². The third kappa shape index (κ3) is 4.14. The molecule has 4 rings (SSSR count). The maximum Gasteiger partial charge on any atom is 0.289 e. The van der Waals surface area contributed by atoms with Crippen molar-refractivity contribution < 1.29 is 18.4 Å². The SMILES string of the molecule is O=C(NCC(c1ccco1)N1CCCC1)C1CCCN(C(=O)c2ccco2)C1. The summed E-state index contributed by atoms with van der Waals surface area (Å²) in [7, 11) is 0. The molecule has 0 radical (unpaired) electrons. The van der Waals surface area contributed by atoms with E-state index in [1.54, 1.807) is 23.3 Å².